The Morgan fingerprint density at radius 2 is 1.82 bits per heavy atom. The summed E-state index contributed by atoms with van der Waals surface area (Å²) in [5, 5.41) is 0. The van der Waals surface area contributed by atoms with Crippen molar-refractivity contribution in [1.82, 2.24) is 4.72 Å². The van der Waals surface area contributed by atoms with Crippen molar-refractivity contribution < 1.29 is 8.42 Å². The summed E-state index contributed by atoms with van der Waals surface area (Å²) in [4.78, 5) is 0. The number of nitrogens with one attached hydrogen (secondary N) is 1. The van der Waals surface area contributed by atoms with E-state index in [4.69, 9.17) is 5.73 Å². The molecule has 17 heavy (non-hydrogen) atoms. The van der Waals surface area contributed by atoms with E-state index in [2.05, 4.69) is 4.72 Å². The van der Waals surface area contributed by atoms with Gasteiger partial charge in [-0.25, -0.2) is 13.1 Å². The molecule has 1 aliphatic carbocycles. The van der Waals surface area contributed by atoms with Gasteiger partial charge in [-0.1, -0.05) is 33.1 Å². The molecular weight excluding hydrogens is 236 g/mol. The van der Waals surface area contributed by atoms with Gasteiger partial charge in [0.05, 0.1) is 5.75 Å². The molecule has 1 rings (SSSR count). The monoisotopic (exact) mass is 262 g/mol. The third kappa shape index (κ3) is 5.84. The molecule has 5 heteroatoms. The summed E-state index contributed by atoms with van der Waals surface area (Å²) in [5.74, 6) is 0.619. The van der Waals surface area contributed by atoms with Crippen LogP contribution in [0.2, 0.25) is 0 Å². The molecule has 0 amide bonds. The average molecular weight is 262 g/mol. The van der Waals surface area contributed by atoms with Crippen LogP contribution in [0.15, 0.2) is 0 Å². The van der Waals surface area contributed by atoms with Crippen molar-refractivity contribution in [1.29, 1.82) is 0 Å². The summed E-state index contributed by atoms with van der Waals surface area (Å²) >= 11 is 0. The van der Waals surface area contributed by atoms with Crippen molar-refractivity contribution in [3.05, 3.63) is 0 Å². The summed E-state index contributed by atoms with van der Waals surface area (Å²) in [5.41, 5.74) is 5.88. The molecule has 1 aliphatic rings. The number of hydrogen-bond donors (Lipinski definition) is 2. The van der Waals surface area contributed by atoms with Crippen molar-refractivity contribution in [2.45, 2.75) is 57.9 Å². The van der Waals surface area contributed by atoms with Gasteiger partial charge in [-0.15, -0.1) is 0 Å². The molecule has 4 nitrogen and oxygen atoms in total. The molecule has 1 saturated carbocycles. The zero-order valence-electron chi connectivity index (χ0n) is 11.0. The largest absolute Gasteiger partial charge is 0.324 e. The maximum atomic E-state index is 11.8. The SMILES string of the molecule is CC(C)CCS(=O)(=O)NCC1(N)CCCCC1. The summed E-state index contributed by atoms with van der Waals surface area (Å²) in [6, 6.07) is 0. The maximum Gasteiger partial charge on any atom is 0.211 e. The summed E-state index contributed by atoms with van der Waals surface area (Å²) in [6.45, 7) is 4.45. The minimum absolute atomic E-state index is 0.209. The smallest absolute Gasteiger partial charge is 0.211 e. The average Bonchev–Trinajstić information content (AvgIpc) is 2.26. The molecule has 0 aromatic carbocycles. The van der Waals surface area contributed by atoms with E-state index >= 15 is 0 Å². The fourth-order valence-electron chi connectivity index (χ4n) is 2.15. The number of sulfonamides is 1. The zero-order chi connectivity index (χ0) is 12.9. The molecule has 0 aliphatic heterocycles. The van der Waals surface area contributed by atoms with Gasteiger partial charge in [-0.05, 0) is 25.2 Å². The van der Waals surface area contributed by atoms with Crippen LogP contribution in [0, 0.1) is 5.92 Å². The third-order valence-corrected chi connectivity index (χ3v) is 4.81. The van der Waals surface area contributed by atoms with Gasteiger partial charge in [0.25, 0.3) is 0 Å². The Hall–Kier alpha value is -0.130. The second-order valence-electron chi connectivity index (χ2n) is 5.75. The van der Waals surface area contributed by atoms with E-state index in [0.29, 0.717) is 18.9 Å². The summed E-state index contributed by atoms with van der Waals surface area (Å²) < 4.78 is 26.2. The lowest BCUT2D eigenvalue weighted by Gasteiger charge is -2.33. The van der Waals surface area contributed by atoms with Crippen LogP contribution in [-0.4, -0.2) is 26.3 Å². The second kappa shape index (κ2) is 6.16. The van der Waals surface area contributed by atoms with Crippen molar-refractivity contribution in [3.63, 3.8) is 0 Å². The zero-order valence-corrected chi connectivity index (χ0v) is 11.9. The molecular formula is C12H26N2O2S. The molecule has 0 aromatic heterocycles. The Morgan fingerprint density at radius 1 is 1.24 bits per heavy atom. The van der Waals surface area contributed by atoms with Gasteiger partial charge in [0.2, 0.25) is 10.0 Å². The van der Waals surface area contributed by atoms with Crippen LogP contribution >= 0.6 is 0 Å². The first kappa shape index (κ1) is 14.9. The normalized spacial score (nSPS) is 20.7. The van der Waals surface area contributed by atoms with Gasteiger partial charge in [0, 0.05) is 12.1 Å². The van der Waals surface area contributed by atoms with Gasteiger partial charge in [0.15, 0.2) is 0 Å². The van der Waals surface area contributed by atoms with E-state index in [-0.39, 0.29) is 11.3 Å². The van der Waals surface area contributed by atoms with Crippen LogP contribution in [0.4, 0.5) is 0 Å². The quantitative estimate of drug-likeness (QED) is 0.764. The first-order valence-electron chi connectivity index (χ1n) is 6.59. The van der Waals surface area contributed by atoms with E-state index in [0.717, 1.165) is 25.7 Å². The van der Waals surface area contributed by atoms with Crippen LogP contribution in [-0.2, 0) is 10.0 Å². The minimum atomic E-state index is -3.14. The number of rotatable bonds is 6. The molecule has 102 valence electrons. The third-order valence-electron chi connectivity index (χ3n) is 3.46. The molecule has 0 heterocycles. The van der Waals surface area contributed by atoms with Crippen molar-refractivity contribution in [2.24, 2.45) is 11.7 Å². The molecule has 0 unspecified atom stereocenters. The van der Waals surface area contributed by atoms with E-state index in [9.17, 15) is 8.42 Å². The highest BCUT2D eigenvalue weighted by Gasteiger charge is 2.28. The van der Waals surface area contributed by atoms with Gasteiger partial charge in [-0.2, -0.15) is 0 Å². The summed E-state index contributed by atoms with van der Waals surface area (Å²) in [7, 11) is -3.14. The highest BCUT2D eigenvalue weighted by Crippen LogP contribution is 2.25. The lowest BCUT2D eigenvalue weighted by molar-refractivity contribution is 0.296. The van der Waals surface area contributed by atoms with Gasteiger partial charge < -0.3 is 5.73 Å². The maximum absolute atomic E-state index is 11.8. The Kier molecular flexibility index (Phi) is 5.41. The molecule has 0 spiro atoms. The van der Waals surface area contributed by atoms with Gasteiger partial charge in [0.1, 0.15) is 0 Å². The highest BCUT2D eigenvalue weighted by molar-refractivity contribution is 7.89. The standard InChI is InChI=1S/C12H26N2O2S/c1-11(2)6-9-17(15,16)14-10-12(13)7-4-3-5-8-12/h11,14H,3-10,13H2,1-2H3. The van der Waals surface area contributed by atoms with Crippen LogP contribution in [0.1, 0.15) is 52.4 Å². The lowest BCUT2D eigenvalue weighted by atomic mass is 9.83. The Labute approximate surface area is 105 Å². The van der Waals surface area contributed by atoms with Crippen LogP contribution in [0.5, 0.6) is 0 Å². The predicted octanol–water partition coefficient (Wildman–Crippen LogP) is 1.61. The van der Waals surface area contributed by atoms with E-state index in [1.807, 2.05) is 13.8 Å². The molecule has 0 saturated heterocycles. The van der Waals surface area contributed by atoms with Crippen LogP contribution in [0.25, 0.3) is 0 Å². The number of nitrogens with two attached hydrogens (primary N) is 1. The Balaban J connectivity index is 2.37. The fourth-order valence-corrected chi connectivity index (χ4v) is 3.58. The van der Waals surface area contributed by atoms with E-state index < -0.39 is 10.0 Å². The molecule has 0 atom stereocenters. The lowest BCUT2D eigenvalue weighted by Crippen LogP contribution is -2.51. The predicted molar refractivity (Wildman–Crippen MR) is 71.2 cm³/mol. The summed E-state index contributed by atoms with van der Waals surface area (Å²) in [6.07, 6.45) is 6.01. The Bertz CT molecular complexity index is 319. The first-order valence-corrected chi connectivity index (χ1v) is 8.24. The number of hydrogen-bond acceptors (Lipinski definition) is 3. The van der Waals surface area contributed by atoms with Gasteiger partial charge in [-0.3, -0.25) is 0 Å². The van der Waals surface area contributed by atoms with Crippen molar-refractivity contribution in [2.75, 3.05) is 12.3 Å². The van der Waals surface area contributed by atoms with Gasteiger partial charge >= 0.3 is 0 Å². The topological polar surface area (TPSA) is 72.2 Å². The highest BCUT2D eigenvalue weighted by atomic mass is 32.2. The Morgan fingerprint density at radius 3 is 2.35 bits per heavy atom. The van der Waals surface area contributed by atoms with E-state index in [1.54, 1.807) is 0 Å². The van der Waals surface area contributed by atoms with E-state index in [1.165, 1.54) is 6.42 Å². The molecule has 0 aromatic rings. The van der Waals surface area contributed by atoms with Crippen molar-refractivity contribution >= 4 is 10.0 Å². The van der Waals surface area contributed by atoms with Crippen LogP contribution < -0.4 is 10.5 Å². The van der Waals surface area contributed by atoms with Crippen LogP contribution in [0.3, 0.4) is 0 Å². The molecule has 1 fully saturated rings. The molecule has 0 radical (unpaired) electrons. The fraction of sp³-hybridized carbons (Fsp3) is 1.00. The molecule has 0 bridgehead atoms. The molecule has 3 N–H and O–H groups in total. The second-order valence-corrected chi connectivity index (χ2v) is 7.67. The first-order chi connectivity index (χ1) is 7.83. The minimum Gasteiger partial charge on any atom is -0.324 e. The van der Waals surface area contributed by atoms with Crippen molar-refractivity contribution in [3.8, 4) is 0 Å².